The first kappa shape index (κ1) is 17.1. The van der Waals surface area contributed by atoms with E-state index < -0.39 is 0 Å². The molecule has 1 heterocycles. The first-order valence-corrected chi connectivity index (χ1v) is 9.25. The predicted octanol–water partition coefficient (Wildman–Crippen LogP) is 4.87. The molecule has 29 heavy (non-hydrogen) atoms. The highest BCUT2D eigenvalue weighted by molar-refractivity contribution is 6.35. The maximum absolute atomic E-state index is 13.1. The lowest BCUT2D eigenvalue weighted by Crippen LogP contribution is -2.40. The van der Waals surface area contributed by atoms with E-state index in [-0.39, 0.29) is 17.6 Å². The molecule has 0 atom stereocenters. The van der Waals surface area contributed by atoms with E-state index >= 15 is 0 Å². The maximum Gasteiger partial charge on any atom is 0.265 e. The van der Waals surface area contributed by atoms with Crippen molar-refractivity contribution in [1.29, 1.82) is 0 Å². The molecule has 0 fully saturated rings. The van der Waals surface area contributed by atoms with Crippen LogP contribution in [0.2, 0.25) is 0 Å². The van der Waals surface area contributed by atoms with Gasteiger partial charge in [-0.25, -0.2) is 4.90 Å². The molecule has 1 aliphatic heterocycles. The minimum absolute atomic E-state index is 0.108. The summed E-state index contributed by atoms with van der Waals surface area (Å²) >= 11 is 0. The molecule has 1 aliphatic rings. The molecule has 0 saturated heterocycles. The van der Waals surface area contributed by atoms with Crippen LogP contribution in [0.5, 0.6) is 0 Å². The van der Waals surface area contributed by atoms with Crippen LogP contribution in [0.25, 0.3) is 10.8 Å². The van der Waals surface area contributed by atoms with Crippen molar-refractivity contribution < 1.29 is 14.4 Å². The van der Waals surface area contributed by atoms with Crippen LogP contribution in [0.15, 0.2) is 91.0 Å². The van der Waals surface area contributed by atoms with Crippen molar-refractivity contribution in [2.75, 3.05) is 4.90 Å². The average molecular weight is 377 g/mol. The van der Waals surface area contributed by atoms with E-state index in [1.807, 2.05) is 42.5 Å². The van der Waals surface area contributed by atoms with E-state index in [0.29, 0.717) is 33.3 Å². The summed E-state index contributed by atoms with van der Waals surface area (Å²) in [6, 6.07) is 26.4. The summed E-state index contributed by atoms with van der Waals surface area (Å²) in [4.78, 5) is 40.0. The summed E-state index contributed by atoms with van der Waals surface area (Å²) in [6.07, 6.45) is 0. The van der Waals surface area contributed by atoms with E-state index in [4.69, 9.17) is 0 Å². The summed E-state index contributed by atoms with van der Waals surface area (Å²) in [5.74, 6) is -0.827. The molecule has 5 rings (SSSR count). The Bertz CT molecular complexity index is 1240. The van der Waals surface area contributed by atoms with Crippen LogP contribution >= 0.6 is 0 Å². The molecule has 4 heteroatoms. The summed E-state index contributed by atoms with van der Waals surface area (Å²) in [6.45, 7) is 0. The number of hydrogen-bond donors (Lipinski definition) is 0. The first-order chi connectivity index (χ1) is 14.1. The van der Waals surface area contributed by atoms with Gasteiger partial charge in [-0.15, -0.1) is 0 Å². The van der Waals surface area contributed by atoms with Crippen molar-refractivity contribution in [3.05, 3.63) is 113 Å². The fourth-order valence-electron chi connectivity index (χ4n) is 3.78. The van der Waals surface area contributed by atoms with Crippen molar-refractivity contribution in [3.63, 3.8) is 0 Å². The fourth-order valence-corrected chi connectivity index (χ4v) is 3.78. The van der Waals surface area contributed by atoms with Crippen LogP contribution in [-0.2, 0) is 0 Å². The molecule has 0 radical (unpaired) electrons. The van der Waals surface area contributed by atoms with E-state index in [2.05, 4.69) is 0 Å². The Labute approximate surface area is 167 Å². The SMILES string of the molecule is O=C(c1ccccc1)c1ccc(N2C(=O)c3cccc4cccc(c34)C2=O)cc1. The van der Waals surface area contributed by atoms with Gasteiger partial charge in [0.15, 0.2) is 5.78 Å². The van der Waals surface area contributed by atoms with Crippen LogP contribution in [-0.4, -0.2) is 17.6 Å². The van der Waals surface area contributed by atoms with Gasteiger partial charge in [-0.05, 0) is 41.8 Å². The Morgan fingerprint density at radius 3 is 1.72 bits per heavy atom. The lowest BCUT2D eigenvalue weighted by Gasteiger charge is -2.27. The summed E-state index contributed by atoms with van der Waals surface area (Å²) in [5.41, 5.74) is 2.53. The second-order valence-corrected chi connectivity index (χ2v) is 6.90. The Kier molecular flexibility index (Phi) is 3.85. The van der Waals surface area contributed by atoms with Gasteiger partial charge in [-0.1, -0.05) is 54.6 Å². The summed E-state index contributed by atoms with van der Waals surface area (Å²) in [5, 5.41) is 1.56. The number of anilines is 1. The molecule has 0 unspecified atom stereocenters. The second-order valence-electron chi connectivity index (χ2n) is 6.90. The number of imide groups is 1. The molecular formula is C25H15NO3. The minimum atomic E-state index is -0.360. The Balaban J connectivity index is 1.54. The molecule has 2 amide bonds. The van der Waals surface area contributed by atoms with E-state index in [0.717, 1.165) is 5.39 Å². The van der Waals surface area contributed by atoms with Crippen LogP contribution in [0, 0.1) is 0 Å². The highest BCUT2D eigenvalue weighted by atomic mass is 16.2. The molecule has 4 aromatic rings. The van der Waals surface area contributed by atoms with E-state index in [1.54, 1.807) is 48.5 Å². The van der Waals surface area contributed by atoms with Gasteiger partial charge in [-0.3, -0.25) is 14.4 Å². The topological polar surface area (TPSA) is 54.5 Å². The average Bonchev–Trinajstić information content (AvgIpc) is 2.78. The van der Waals surface area contributed by atoms with Gasteiger partial charge >= 0.3 is 0 Å². The van der Waals surface area contributed by atoms with Gasteiger partial charge in [0.05, 0.1) is 5.69 Å². The highest BCUT2D eigenvalue weighted by Crippen LogP contribution is 2.32. The number of carbonyl (C=O) groups is 3. The third-order valence-electron chi connectivity index (χ3n) is 5.20. The molecule has 4 aromatic carbocycles. The highest BCUT2D eigenvalue weighted by Gasteiger charge is 2.33. The third kappa shape index (κ3) is 2.65. The van der Waals surface area contributed by atoms with Crippen molar-refractivity contribution in [2.45, 2.75) is 0 Å². The lowest BCUT2D eigenvalue weighted by atomic mass is 9.93. The lowest BCUT2D eigenvalue weighted by molar-refractivity contribution is 0.0893. The zero-order valence-corrected chi connectivity index (χ0v) is 15.3. The molecule has 0 aliphatic carbocycles. The molecular weight excluding hydrogens is 362 g/mol. The fraction of sp³-hybridized carbons (Fsp3) is 0. The maximum atomic E-state index is 13.1. The van der Waals surface area contributed by atoms with Crippen molar-refractivity contribution >= 4 is 34.1 Å². The minimum Gasteiger partial charge on any atom is -0.289 e. The normalized spacial score (nSPS) is 13.0. The van der Waals surface area contributed by atoms with Gasteiger partial charge in [0.1, 0.15) is 0 Å². The number of rotatable bonds is 3. The van der Waals surface area contributed by atoms with Crippen molar-refractivity contribution in [3.8, 4) is 0 Å². The van der Waals surface area contributed by atoms with Crippen molar-refractivity contribution in [1.82, 2.24) is 0 Å². The number of hydrogen-bond acceptors (Lipinski definition) is 3. The van der Waals surface area contributed by atoms with Crippen LogP contribution in [0.1, 0.15) is 36.6 Å². The van der Waals surface area contributed by atoms with Crippen LogP contribution < -0.4 is 4.90 Å². The summed E-state index contributed by atoms with van der Waals surface area (Å²) in [7, 11) is 0. The van der Waals surface area contributed by atoms with Gasteiger partial charge in [0, 0.05) is 27.6 Å². The Morgan fingerprint density at radius 1 is 0.586 bits per heavy atom. The molecule has 0 aromatic heterocycles. The molecule has 0 spiro atoms. The molecule has 4 nitrogen and oxygen atoms in total. The largest absolute Gasteiger partial charge is 0.289 e. The quantitative estimate of drug-likeness (QED) is 0.378. The Morgan fingerprint density at radius 2 is 1.14 bits per heavy atom. The van der Waals surface area contributed by atoms with Gasteiger partial charge in [0.25, 0.3) is 11.8 Å². The molecule has 0 saturated carbocycles. The predicted molar refractivity (Wildman–Crippen MR) is 111 cm³/mol. The number of nitrogens with zero attached hydrogens (tertiary/aromatic N) is 1. The van der Waals surface area contributed by atoms with E-state index in [9.17, 15) is 14.4 Å². The number of benzene rings is 4. The zero-order valence-electron chi connectivity index (χ0n) is 15.3. The first-order valence-electron chi connectivity index (χ1n) is 9.25. The number of amides is 2. The smallest absolute Gasteiger partial charge is 0.265 e. The number of ketones is 1. The standard InChI is InChI=1S/C25H15NO3/c27-23(17-6-2-1-3-7-17)18-12-14-19(15-13-18)26-24(28)20-10-4-8-16-9-5-11-21(22(16)20)25(26)29/h1-15H. The monoisotopic (exact) mass is 377 g/mol. The van der Waals surface area contributed by atoms with Gasteiger partial charge < -0.3 is 0 Å². The zero-order chi connectivity index (χ0) is 20.0. The van der Waals surface area contributed by atoms with Gasteiger partial charge in [-0.2, -0.15) is 0 Å². The number of carbonyl (C=O) groups excluding carboxylic acids is 3. The third-order valence-corrected chi connectivity index (χ3v) is 5.20. The van der Waals surface area contributed by atoms with Crippen LogP contribution in [0.3, 0.4) is 0 Å². The molecule has 0 bridgehead atoms. The van der Waals surface area contributed by atoms with Crippen molar-refractivity contribution in [2.24, 2.45) is 0 Å². The molecule has 0 N–H and O–H groups in total. The molecule has 138 valence electrons. The van der Waals surface area contributed by atoms with E-state index in [1.165, 1.54) is 4.90 Å². The second kappa shape index (κ2) is 6.53. The Hall–Kier alpha value is -4.05. The van der Waals surface area contributed by atoms with Crippen LogP contribution in [0.4, 0.5) is 5.69 Å². The van der Waals surface area contributed by atoms with Gasteiger partial charge in [0.2, 0.25) is 0 Å². The summed E-state index contributed by atoms with van der Waals surface area (Å²) < 4.78 is 0.